The van der Waals surface area contributed by atoms with E-state index in [0.717, 1.165) is 41.5 Å². The van der Waals surface area contributed by atoms with Crippen LogP contribution in [0.3, 0.4) is 0 Å². The molecule has 0 bridgehead atoms. The Morgan fingerprint density at radius 3 is 2.93 bits per heavy atom. The van der Waals surface area contributed by atoms with Crippen molar-refractivity contribution < 1.29 is 9.53 Å². The Kier molecular flexibility index (Phi) is 5.90. The number of carbonyl (C=O) groups is 1. The number of imidazole rings is 1. The van der Waals surface area contributed by atoms with E-state index >= 15 is 0 Å². The second kappa shape index (κ2) is 8.74. The van der Waals surface area contributed by atoms with Gasteiger partial charge in [0.25, 0.3) is 0 Å². The topological polar surface area (TPSA) is 47.4 Å². The molecule has 1 atom stereocenters. The number of hydrogen-bond acceptors (Lipinski definition) is 4. The van der Waals surface area contributed by atoms with Gasteiger partial charge in [0.05, 0.1) is 24.6 Å². The Morgan fingerprint density at radius 2 is 2.10 bits per heavy atom. The molecule has 1 saturated heterocycles. The maximum atomic E-state index is 13.0. The average molecular weight is 408 g/mol. The molecule has 2 aromatic carbocycles. The van der Waals surface area contributed by atoms with E-state index in [1.165, 1.54) is 17.3 Å². The minimum absolute atomic E-state index is 0.120. The molecule has 1 fully saturated rings. The molecule has 3 aromatic rings. The average Bonchev–Trinajstić information content (AvgIpc) is 3.42. The molecule has 6 heteroatoms. The van der Waals surface area contributed by atoms with E-state index in [1.807, 2.05) is 41.4 Å². The number of carbonyl (C=O) groups excluding carboxylic acids is 1. The van der Waals surface area contributed by atoms with Crippen molar-refractivity contribution in [3.8, 4) is 11.4 Å². The van der Waals surface area contributed by atoms with E-state index in [1.54, 1.807) is 13.3 Å². The van der Waals surface area contributed by atoms with Crippen LogP contribution in [0, 0.1) is 6.92 Å². The molecule has 2 heterocycles. The molecule has 1 aromatic heterocycles. The Balaban J connectivity index is 1.46. The predicted molar refractivity (Wildman–Crippen MR) is 116 cm³/mol. The Hall–Kier alpha value is -2.73. The molecule has 0 radical (unpaired) electrons. The second-order valence-corrected chi connectivity index (χ2v) is 8.12. The fourth-order valence-electron chi connectivity index (χ4n) is 3.88. The summed E-state index contributed by atoms with van der Waals surface area (Å²) in [4.78, 5) is 19.5. The third-order valence-electron chi connectivity index (χ3n) is 5.36. The fraction of sp³-hybridized carbons (Fsp3) is 0.304. The molecule has 5 nitrogen and oxygen atoms in total. The van der Waals surface area contributed by atoms with Crippen LogP contribution in [0.15, 0.2) is 66.1 Å². The molecule has 1 unspecified atom stereocenters. The second-order valence-electron chi connectivity index (χ2n) is 7.18. The first kappa shape index (κ1) is 19.6. The summed E-state index contributed by atoms with van der Waals surface area (Å²) in [5, 5.41) is 0.838. The Morgan fingerprint density at radius 1 is 1.24 bits per heavy atom. The molecule has 0 aliphatic carbocycles. The van der Waals surface area contributed by atoms with Crippen molar-refractivity contribution in [2.24, 2.45) is 0 Å². The maximum absolute atomic E-state index is 13.0. The first-order valence-electron chi connectivity index (χ1n) is 9.83. The highest BCUT2D eigenvalue weighted by Crippen LogP contribution is 2.34. The van der Waals surface area contributed by atoms with Gasteiger partial charge in [0.15, 0.2) is 5.16 Å². The minimum Gasteiger partial charge on any atom is -0.497 e. The highest BCUT2D eigenvalue weighted by Gasteiger charge is 2.30. The monoisotopic (exact) mass is 407 g/mol. The number of aryl methyl sites for hydroxylation is 1. The van der Waals surface area contributed by atoms with Gasteiger partial charge in [-0.1, -0.05) is 42.1 Å². The summed E-state index contributed by atoms with van der Waals surface area (Å²) in [7, 11) is 1.67. The van der Waals surface area contributed by atoms with Crippen LogP contribution < -0.4 is 4.74 Å². The van der Waals surface area contributed by atoms with Crippen molar-refractivity contribution in [2.45, 2.75) is 31.0 Å². The molecule has 29 heavy (non-hydrogen) atoms. The highest BCUT2D eigenvalue weighted by atomic mass is 32.2. The first-order valence-corrected chi connectivity index (χ1v) is 10.8. The van der Waals surface area contributed by atoms with Crippen LogP contribution in [0.25, 0.3) is 5.69 Å². The van der Waals surface area contributed by atoms with Gasteiger partial charge in [-0.2, -0.15) is 0 Å². The molecule has 1 amide bonds. The zero-order valence-corrected chi connectivity index (χ0v) is 17.6. The zero-order chi connectivity index (χ0) is 20.2. The number of hydrogen-bond donors (Lipinski definition) is 0. The van der Waals surface area contributed by atoms with E-state index in [0.29, 0.717) is 5.75 Å². The highest BCUT2D eigenvalue weighted by molar-refractivity contribution is 7.99. The third kappa shape index (κ3) is 4.17. The van der Waals surface area contributed by atoms with Crippen molar-refractivity contribution in [2.75, 3.05) is 19.4 Å². The number of amides is 1. The lowest BCUT2D eigenvalue weighted by atomic mass is 10.0. The summed E-state index contributed by atoms with van der Waals surface area (Å²) in [5.41, 5.74) is 3.41. The van der Waals surface area contributed by atoms with E-state index in [4.69, 9.17) is 4.74 Å². The van der Waals surface area contributed by atoms with Gasteiger partial charge in [0.1, 0.15) is 5.75 Å². The number of benzene rings is 2. The van der Waals surface area contributed by atoms with Crippen molar-refractivity contribution in [1.82, 2.24) is 14.5 Å². The van der Waals surface area contributed by atoms with Gasteiger partial charge in [-0.25, -0.2) is 4.98 Å². The van der Waals surface area contributed by atoms with Gasteiger partial charge in [-0.05, 0) is 49.1 Å². The molecule has 0 saturated carbocycles. The van der Waals surface area contributed by atoms with Crippen LogP contribution in [0.2, 0.25) is 0 Å². The van der Waals surface area contributed by atoms with E-state index in [2.05, 4.69) is 34.7 Å². The van der Waals surface area contributed by atoms with E-state index in [-0.39, 0.29) is 11.9 Å². The predicted octanol–water partition coefficient (Wildman–Crippen LogP) is 4.65. The smallest absolute Gasteiger partial charge is 0.233 e. The van der Waals surface area contributed by atoms with Gasteiger partial charge in [0.2, 0.25) is 5.91 Å². The molecule has 0 spiro atoms. The summed E-state index contributed by atoms with van der Waals surface area (Å²) < 4.78 is 7.41. The van der Waals surface area contributed by atoms with Gasteiger partial charge in [0, 0.05) is 18.9 Å². The molecule has 150 valence electrons. The standard InChI is InChI=1S/C23H25N3O2S/c1-17-7-3-4-10-20(17)26-14-12-24-23(26)29-16-22(27)25-13-6-11-21(25)18-8-5-9-19(15-18)28-2/h3-5,7-10,12,14-15,21H,6,11,13,16H2,1-2H3. The number of nitrogens with zero attached hydrogens (tertiary/aromatic N) is 3. The van der Waals surface area contributed by atoms with Gasteiger partial charge in [-0.15, -0.1) is 0 Å². The largest absolute Gasteiger partial charge is 0.497 e. The zero-order valence-electron chi connectivity index (χ0n) is 16.7. The number of para-hydroxylation sites is 1. The summed E-state index contributed by atoms with van der Waals surface area (Å²) >= 11 is 1.49. The van der Waals surface area contributed by atoms with Crippen molar-refractivity contribution in [1.29, 1.82) is 0 Å². The number of methoxy groups -OCH3 is 1. The van der Waals surface area contributed by atoms with Gasteiger partial charge < -0.3 is 9.64 Å². The summed E-state index contributed by atoms with van der Waals surface area (Å²) in [6, 6.07) is 16.4. The van der Waals surface area contributed by atoms with Crippen LogP contribution in [0.5, 0.6) is 5.75 Å². The number of ether oxygens (including phenoxy) is 1. The third-order valence-corrected chi connectivity index (χ3v) is 6.31. The number of rotatable bonds is 6. The summed E-state index contributed by atoms with van der Waals surface area (Å²) in [6.07, 6.45) is 5.75. The molecule has 1 aliphatic heterocycles. The van der Waals surface area contributed by atoms with Crippen LogP contribution in [-0.2, 0) is 4.79 Å². The van der Waals surface area contributed by atoms with Crippen molar-refractivity contribution in [3.63, 3.8) is 0 Å². The van der Waals surface area contributed by atoms with Crippen LogP contribution in [-0.4, -0.2) is 39.8 Å². The number of thioether (sulfide) groups is 1. The fourth-order valence-corrected chi connectivity index (χ4v) is 4.74. The Labute approximate surface area is 175 Å². The minimum atomic E-state index is 0.120. The normalized spacial score (nSPS) is 16.2. The van der Waals surface area contributed by atoms with Crippen molar-refractivity contribution >= 4 is 17.7 Å². The lowest BCUT2D eigenvalue weighted by Crippen LogP contribution is -2.32. The van der Waals surface area contributed by atoms with Crippen LogP contribution in [0.1, 0.15) is 30.0 Å². The van der Waals surface area contributed by atoms with Crippen LogP contribution >= 0.6 is 11.8 Å². The lowest BCUT2D eigenvalue weighted by molar-refractivity contribution is -0.129. The molecular weight excluding hydrogens is 382 g/mol. The van der Waals surface area contributed by atoms with Crippen LogP contribution in [0.4, 0.5) is 0 Å². The number of aromatic nitrogens is 2. The molecule has 1 aliphatic rings. The first-order chi connectivity index (χ1) is 14.2. The summed E-state index contributed by atoms with van der Waals surface area (Å²) in [6.45, 7) is 2.88. The van der Waals surface area contributed by atoms with Gasteiger partial charge >= 0.3 is 0 Å². The maximum Gasteiger partial charge on any atom is 0.233 e. The van der Waals surface area contributed by atoms with E-state index in [9.17, 15) is 4.79 Å². The SMILES string of the molecule is COc1cccc(C2CCCN2C(=O)CSc2nccn2-c2ccccc2C)c1. The molecule has 4 rings (SSSR count). The lowest BCUT2D eigenvalue weighted by Gasteiger charge is -2.25. The van der Waals surface area contributed by atoms with E-state index < -0.39 is 0 Å². The Bertz CT molecular complexity index is 1000. The molecular formula is C23H25N3O2S. The van der Waals surface area contributed by atoms with Gasteiger partial charge in [-0.3, -0.25) is 9.36 Å². The van der Waals surface area contributed by atoms with Crippen molar-refractivity contribution in [3.05, 3.63) is 72.1 Å². The molecule has 0 N–H and O–H groups in total. The summed E-state index contributed by atoms with van der Waals surface area (Å²) in [5.74, 6) is 1.36. The quantitative estimate of drug-likeness (QED) is 0.558. The number of likely N-dealkylation sites (tertiary alicyclic amines) is 1.